The second-order valence-corrected chi connectivity index (χ2v) is 5.08. The van der Waals surface area contributed by atoms with E-state index in [1.165, 1.54) is 0 Å². The molecule has 0 saturated carbocycles. The second kappa shape index (κ2) is 8.17. The highest BCUT2D eigenvalue weighted by atomic mass is 32.2. The number of Topliss-reactive ketones (excluding diaryl/α,β-unsaturated/α-hetero) is 1. The van der Waals surface area contributed by atoms with E-state index in [2.05, 4.69) is 23.9 Å². The summed E-state index contributed by atoms with van der Waals surface area (Å²) in [5.74, 6) is 0.306. The van der Waals surface area contributed by atoms with Crippen molar-refractivity contribution < 1.29 is 27.8 Å². The third kappa shape index (κ3) is 5.50. The van der Waals surface area contributed by atoms with Gasteiger partial charge in [0.25, 0.3) is 0 Å². The fourth-order valence-corrected chi connectivity index (χ4v) is 1.96. The van der Waals surface area contributed by atoms with Gasteiger partial charge >= 0.3 is 11.4 Å². The Labute approximate surface area is 124 Å². The zero-order chi connectivity index (χ0) is 15.1. The number of aromatic hydroxyl groups is 1. The predicted octanol–water partition coefficient (Wildman–Crippen LogP) is -0.0614. The lowest BCUT2D eigenvalue weighted by atomic mass is 10.1. The summed E-state index contributed by atoms with van der Waals surface area (Å²) in [7, 11) is 0. The molecule has 0 unspecified atom stereocenters. The van der Waals surface area contributed by atoms with Gasteiger partial charge in [-0.15, -0.1) is 0 Å². The van der Waals surface area contributed by atoms with Gasteiger partial charge in [0.05, 0.1) is 6.54 Å². The molecule has 21 heavy (non-hydrogen) atoms. The number of carbonyl (C=O) groups is 1. The van der Waals surface area contributed by atoms with Crippen LogP contribution in [0.15, 0.2) is 24.3 Å². The van der Waals surface area contributed by atoms with Crippen LogP contribution in [0.25, 0.3) is 0 Å². The summed E-state index contributed by atoms with van der Waals surface area (Å²) in [6, 6.07) is 6.43. The van der Waals surface area contributed by atoms with Gasteiger partial charge in [0.2, 0.25) is 0 Å². The molecule has 2 fully saturated rings. The monoisotopic (exact) mass is 316 g/mol. The Bertz CT molecular complexity index is 483. The fourth-order valence-electron chi connectivity index (χ4n) is 1.86. The fraction of sp³-hybridized carbons (Fsp3) is 0.417. The lowest BCUT2D eigenvalue weighted by Gasteiger charge is -2.26. The van der Waals surface area contributed by atoms with Gasteiger partial charge in [-0.25, -0.2) is 0 Å². The van der Waals surface area contributed by atoms with E-state index in [4.69, 9.17) is 5.11 Å². The van der Waals surface area contributed by atoms with Crippen molar-refractivity contribution in [2.75, 3.05) is 32.7 Å². The SMILES string of the molecule is O=C(CN1CCNCC1)c1ccc(O)cc1.O=S1OOO1. The van der Waals surface area contributed by atoms with E-state index in [0.717, 1.165) is 26.2 Å². The minimum Gasteiger partial charge on any atom is -0.508 e. The average Bonchev–Trinajstić information content (AvgIpc) is 2.47. The van der Waals surface area contributed by atoms with Crippen molar-refractivity contribution in [3.63, 3.8) is 0 Å². The molecule has 2 saturated heterocycles. The first-order valence-electron chi connectivity index (χ1n) is 6.34. The summed E-state index contributed by atoms with van der Waals surface area (Å²) >= 11 is -1.61. The van der Waals surface area contributed by atoms with Gasteiger partial charge in [-0.3, -0.25) is 9.69 Å². The Hall–Kier alpha value is -1.36. The van der Waals surface area contributed by atoms with Gasteiger partial charge in [-0.05, 0) is 29.3 Å². The molecule has 0 aromatic heterocycles. The molecule has 2 aliphatic rings. The van der Waals surface area contributed by atoms with Crippen molar-refractivity contribution in [1.82, 2.24) is 10.2 Å². The van der Waals surface area contributed by atoms with E-state index in [9.17, 15) is 9.00 Å². The van der Waals surface area contributed by atoms with Gasteiger partial charge in [0.15, 0.2) is 5.78 Å². The summed E-state index contributed by atoms with van der Waals surface area (Å²) in [6.07, 6.45) is 0. The molecule has 0 bridgehead atoms. The molecular weight excluding hydrogens is 300 g/mol. The smallest absolute Gasteiger partial charge is 0.367 e. The molecule has 0 amide bonds. The number of benzene rings is 1. The maximum atomic E-state index is 11.9. The van der Waals surface area contributed by atoms with Crippen molar-refractivity contribution in [2.24, 2.45) is 0 Å². The third-order valence-corrected chi connectivity index (χ3v) is 3.27. The minimum atomic E-state index is -1.61. The molecule has 2 aliphatic heterocycles. The van der Waals surface area contributed by atoms with Gasteiger partial charge < -0.3 is 10.4 Å². The van der Waals surface area contributed by atoms with Gasteiger partial charge in [0, 0.05) is 31.7 Å². The number of rotatable bonds is 3. The first kappa shape index (κ1) is 16.0. The van der Waals surface area contributed by atoms with Crippen LogP contribution < -0.4 is 5.32 Å². The molecule has 2 heterocycles. The molecule has 2 N–H and O–H groups in total. The zero-order valence-corrected chi connectivity index (χ0v) is 12.0. The van der Waals surface area contributed by atoms with Crippen LogP contribution in [0, 0.1) is 0 Å². The summed E-state index contributed by atoms with van der Waals surface area (Å²) in [5.41, 5.74) is 0.663. The van der Waals surface area contributed by atoms with E-state index in [0.29, 0.717) is 12.1 Å². The highest BCUT2D eigenvalue weighted by Gasteiger charge is 2.15. The third-order valence-electron chi connectivity index (χ3n) is 2.93. The van der Waals surface area contributed by atoms with Gasteiger partial charge in [0.1, 0.15) is 5.75 Å². The van der Waals surface area contributed by atoms with Crippen LogP contribution in [0.5, 0.6) is 5.75 Å². The molecule has 3 rings (SSSR count). The Morgan fingerprint density at radius 2 is 1.81 bits per heavy atom. The van der Waals surface area contributed by atoms with Gasteiger partial charge in [-0.2, -0.15) is 4.21 Å². The molecule has 1 aromatic rings. The molecule has 1 aromatic carbocycles. The van der Waals surface area contributed by atoms with Crippen molar-refractivity contribution >= 4 is 17.1 Å². The van der Waals surface area contributed by atoms with Crippen molar-refractivity contribution in [2.45, 2.75) is 0 Å². The normalized spacial score (nSPS) is 19.2. The molecule has 9 heteroatoms. The van der Waals surface area contributed by atoms with E-state index in [1.54, 1.807) is 24.3 Å². The molecule has 8 nitrogen and oxygen atoms in total. The summed E-state index contributed by atoms with van der Waals surface area (Å²) < 4.78 is 16.8. The molecular formula is C12H16N2O6S. The minimum absolute atomic E-state index is 0.113. The quantitative estimate of drug-likeness (QED) is 0.591. The molecule has 0 aliphatic carbocycles. The number of phenolic OH excluding ortho intramolecular Hbond substituents is 1. The molecule has 116 valence electrons. The summed E-state index contributed by atoms with van der Waals surface area (Å²) in [6.45, 7) is 4.20. The van der Waals surface area contributed by atoms with Crippen LogP contribution >= 0.6 is 0 Å². The number of ketones is 1. The van der Waals surface area contributed by atoms with E-state index in [1.807, 2.05) is 0 Å². The first-order chi connectivity index (χ1) is 10.1. The highest BCUT2D eigenvalue weighted by molar-refractivity contribution is 7.75. The number of nitrogens with one attached hydrogen (secondary N) is 1. The van der Waals surface area contributed by atoms with E-state index < -0.39 is 11.4 Å². The number of carbonyl (C=O) groups excluding carboxylic acids is 1. The number of phenols is 1. The van der Waals surface area contributed by atoms with Crippen LogP contribution in [0.3, 0.4) is 0 Å². The predicted molar refractivity (Wildman–Crippen MR) is 73.1 cm³/mol. The summed E-state index contributed by atoms with van der Waals surface area (Å²) in [4.78, 5) is 14.0. The van der Waals surface area contributed by atoms with Crippen molar-refractivity contribution in [3.05, 3.63) is 29.8 Å². The van der Waals surface area contributed by atoms with Crippen LogP contribution in [0.4, 0.5) is 0 Å². The van der Waals surface area contributed by atoms with Crippen molar-refractivity contribution in [3.8, 4) is 5.75 Å². The maximum Gasteiger partial charge on any atom is 0.367 e. The Kier molecular flexibility index (Phi) is 6.23. The number of hydrogen-bond donors (Lipinski definition) is 2. The lowest BCUT2D eigenvalue weighted by molar-refractivity contribution is -0.469. The summed E-state index contributed by atoms with van der Waals surface area (Å²) in [5, 5.41) is 15.9. The number of hydrogen-bond acceptors (Lipinski definition) is 8. The number of nitrogens with zero attached hydrogens (tertiary/aromatic N) is 1. The largest absolute Gasteiger partial charge is 0.508 e. The average molecular weight is 316 g/mol. The van der Waals surface area contributed by atoms with Crippen LogP contribution in [-0.4, -0.2) is 52.7 Å². The zero-order valence-electron chi connectivity index (χ0n) is 11.2. The van der Waals surface area contributed by atoms with Crippen LogP contribution in [0.1, 0.15) is 10.4 Å². The lowest BCUT2D eigenvalue weighted by Crippen LogP contribution is -2.45. The van der Waals surface area contributed by atoms with Crippen molar-refractivity contribution in [1.29, 1.82) is 0 Å². The molecule has 0 spiro atoms. The number of piperazine rings is 1. The Balaban J connectivity index is 0.000000272. The van der Waals surface area contributed by atoms with Gasteiger partial charge in [-0.1, -0.05) is 8.67 Å². The standard InChI is InChI=1S/C12H16N2O2.O4S/c15-11-3-1-10(2-4-11)12(16)9-14-7-5-13-6-8-14;1-5-3-2-4-5/h1-4,13,15H,5-9H2;. The second-order valence-electron chi connectivity index (χ2n) is 4.40. The van der Waals surface area contributed by atoms with Crippen LogP contribution in [0.2, 0.25) is 0 Å². The van der Waals surface area contributed by atoms with E-state index >= 15 is 0 Å². The maximum absolute atomic E-state index is 11.9. The topological polar surface area (TPSA) is 97.3 Å². The Morgan fingerprint density at radius 1 is 1.24 bits per heavy atom. The molecule has 0 atom stereocenters. The first-order valence-corrected chi connectivity index (χ1v) is 7.34. The van der Waals surface area contributed by atoms with Crippen LogP contribution in [-0.2, 0) is 25.1 Å². The highest BCUT2D eigenvalue weighted by Crippen LogP contribution is 2.10. The molecule has 0 radical (unpaired) electrons. The Morgan fingerprint density at radius 3 is 2.29 bits per heavy atom. The van der Waals surface area contributed by atoms with E-state index in [-0.39, 0.29) is 11.5 Å².